The van der Waals surface area contributed by atoms with E-state index in [1.807, 2.05) is 75.4 Å². The van der Waals surface area contributed by atoms with E-state index in [4.69, 9.17) is 4.74 Å². The van der Waals surface area contributed by atoms with E-state index in [2.05, 4.69) is 17.6 Å². The number of rotatable bonds is 13. The number of aryl methyl sites for hydroxylation is 1. The Morgan fingerprint density at radius 2 is 1.67 bits per heavy atom. The predicted molar refractivity (Wildman–Crippen MR) is 156 cm³/mol. The van der Waals surface area contributed by atoms with Crippen LogP contribution in [0, 0.1) is 12.8 Å². The van der Waals surface area contributed by atoms with Gasteiger partial charge in [0, 0.05) is 13.1 Å². The molecule has 2 atom stereocenters. The Labute approximate surface area is 234 Å². The number of ether oxygens (including phenoxy) is 1. The fourth-order valence-corrected chi connectivity index (χ4v) is 4.44. The molecule has 0 heterocycles. The number of carbonyl (C=O) groups is 3. The third-order valence-electron chi connectivity index (χ3n) is 6.21. The number of carbonyl (C=O) groups excluding carboxylic acids is 3. The van der Waals surface area contributed by atoms with Crippen molar-refractivity contribution in [2.24, 2.45) is 5.92 Å². The van der Waals surface area contributed by atoms with Gasteiger partial charge in [-0.25, -0.2) is 4.79 Å². The molecule has 0 radical (unpaired) electrons. The lowest BCUT2D eigenvalue weighted by atomic mass is 9.98. The summed E-state index contributed by atoms with van der Waals surface area (Å²) in [5.74, 6) is -0.405. The van der Waals surface area contributed by atoms with E-state index in [1.165, 1.54) is 0 Å². The van der Waals surface area contributed by atoms with Crippen LogP contribution in [0.4, 0.5) is 4.79 Å². The number of unbranched alkanes of at least 4 members (excludes halogenated alkanes) is 2. The maximum absolute atomic E-state index is 14.2. The molecule has 0 aliphatic heterocycles. The maximum atomic E-state index is 14.2. The third kappa shape index (κ3) is 11.1. The van der Waals surface area contributed by atoms with Crippen molar-refractivity contribution in [1.29, 1.82) is 0 Å². The fourth-order valence-electron chi connectivity index (χ4n) is 4.44. The van der Waals surface area contributed by atoms with Crippen LogP contribution in [-0.4, -0.2) is 41.0 Å². The SMILES string of the molecule is CCCCCN(C(=O)C(CC(C)C)NC(=O)OC(C)(C)C)C(C(=O)NCc1ccccc1)c1cccc(C)c1. The largest absolute Gasteiger partial charge is 0.444 e. The summed E-state index contributed by atoms with van der Waals surface area (Å²) >= 11 is 0. The molecule has 0 fully saturated rings. The number of benzene rings is 2. The number of nitrogens with one attached hydrogen (secondary N) is 2. The van der Waals surface area contributed by atoms with E-state index in [0.29, 0.717) is 19.5 Å². The molecule has 2 rings (SSSR count). The highest BCUT2D eigenvalue weighted by Gasteiger charge is 2.36. The molecule has 2 aromatic carbocycles. The van der Waals surface area contributed by atoms with Gasteiger partial charge >= 0.3 is 6.09 Å². The molecule has 2 aromatic rings. The van der Waals surface area contributed by atoms with Gasteiger partial charge in [-0.05, 0) is 57.6 Å². The lowest BCUT2D eigenvalue weighted by molar-refractivity contribution is -0.143. The Bertz CT molecular complexity index is 1060. The van der Waals surface area contributed by atoms with E-state index in [-0.39, 0.29) is 17.7 Å². The molecule has 2 N–H and O–H groups in total. The zero-order valence-corrected chi connectivity index (χ0v) is 24.8. The van der Waals surface area contributed by atoms with Gasteiger partial charge in [-0.3, -0.25) is 9.59 Å². The van der Waals surface area contributed by atoms with Crippen molar-refractivity contribution in [3.05, 3.63) is 71.3 Å². The van der Waals surface area contributed by atoms with Crippen LogP contribution >= 0.6 is 0 Å². The smallest absolute Gasteiger partial charge is 0.408 e. The van der Waals surface area contributed by atoms with Gasteiger partial charge in [-0.15, -0.1) is 0 Å². The summed E-state index contributed by atoms with van der Waals surface area (Å²) in [5.41, 5.74) is 2.02. The highest BCUT2D eigenvalue weighted by atomic mass is 16.6. The van der Waals surface area contributed by atoms with E-state index in [1.54, 1.807) is 25.7 Å². The summed E-state index contributed by atoms with van der Waals surface area (Å²) in [7, 11) is 0. The standard InChI is InChI=1S/C32H47N3O4/c1-8-9-13-19-35(30(37)27(20-23(2)3)34-31(38)39-32(5,6)7)28(26-18-14-15-24(4)21-26)29(36)33-22-25-16-11-10-12-17-25/h10-12,14-18,21,23,27-28H,8-9,13,19-20,22H2,1-7H3,(H,33,36)(H,34,38). The van der Waals surface area contributed by atoms with E-state index in [9.17, 15) is 14.4 Å². The molecule has 0 aliphatic carbocycles. The van der Waals surface area contributed by atoms with Crippen molar-refractivity contribution in [2.45, 2.75) is 98.4 Å². The Morgan fingerprint density at radius 1 is 0.974 bits per heavy atom. The van der Waals surface area contributed by atoms with Crippen LogP contribution in [0.5, 0.6) is 0 Å². The number of amides is 3. The molecule has 7 nitrogen and oxygen atoms in total. The van der Waals surface area contributed by atoms with E-state index < -0.39 is 23.8 Å². The summed E-state index contributed by atoms with van der Waals surface area (Å²) in [6.45, 7) is 14.2. The van der Waals surface area contributed by atoms with Gasteiger partial charge < -0.3 is 20.3 Å². The molecular formula is C32H47N3O4. The van der Waals surface area contributed by atoms with Gasteiger partial charge in [0.1, 0.15) is 17.7 Å². The second-order valence-electron chi connectivity index (χ2n) is 11.6. The second-order valence-corrected chi connectivity index (χ2v) is 11.6. The van der Waals surface area contributed by atoms with Crippen LogP contribution in [0.25, 0.3) is 0 Å². The summed E-state index contributed by atoms with van der Waals surface area (Å²) < 4.78 is 5.47. The van der Waals surface area contributed by atoms with Crippen molar-refractivity contribution in [3.63, 3.8) is 0 Å². The Morgan fingerprint density at radius 3 is 2.26 bits per heavy atom. The fraction of sp³-hybridized carbons (Fsp3) is 0.531. The molecule has 214 valence electrons. The van der Waals surface area contributed by atoms with Crippen molar-refractivity contribution >= 4 is 17.9 Å². The average molecular weight is 538 g/mol. The minimum Gasteiger partial charge on any atom is -0.444 e. The quantitative estimate of drug-likeness (QED) is 0.293. The summed E-state index contributed by atoms with van der Waals surface area (Å²) in [6.07, 6.45) is 2.43. The summed E-state index contributed by atoms with van der Waals surface area (Å²) in [6, 6.07) is 15.7. The van der Waals surface area contributed by atoms with Crippen LogP contribution in [0.1, 0.15) is 90.0 Å². The molecular weight excluding hydrogens is 490 g/mol. The van der Waals surface area contributed by atoms with Gasteiger partial charge in [0.15, 0.2) is 0 Å². The first-order valence-corrected chi connectivity index (χ1v) is 14.1. The van der Waals surface area contributed by atoms with Gasteiger partial charge in [0.05, 0.1) is 0 Å². The molecule has 3 amide bonds. The lowest BCUT2D eigenvalue weighted by Gasteiger charge is -2.35. The zero-order valence-electron chi connectivity index (χ0n) is 24.8. The van der Waals surface area contributed by atoms with Crippen LogP contribution in [0.2, 0.25) is 0 Å². The van der Waals surface area contributed by atoms with Gasteiger partial charge in [-0.1, -0.05) is 93.8 Å². The number of hydrogen-bond donors (Lipinski definition) is 2. The molecule has 0 bridgehead atoms. The topological polar surface area (TPSA) is 87.7 Å². The van der Waals surface area contributed by atoms with Gasteiger partial charge in [0.25, 0.3) is 0 Å². The normalized spacial score (nSPS) is 12.9. The van der Waals surface area contributed by atoms with Crippen molar-refractivity contribution in [1.82, 2.24) is 15.5 Å². The van der Waals surface area contributed by atoms with Crippen molar-refractivity contribution in [2.75, 3.05) is 6.54 Å². The van der Waals surface area contributed by atoms with Gasteiger partial charge in [0.2, 0.25) is 11.8 Å². The summed E-state index contributed by atoms with van der Waals surface area (Å²) in [4.78, 5) is 42.5. The molecule has 0 aromatic heterocycles. The van der Waals surface area contributed by atoms with Crippen LogP contribution in [-0.2, 0) is 20.9 Å². The molecule has 0 saturated heterocycles. The Hall–Kier alpha value is -3.35. The third-order valence-corrected chi connectivity index (χ3v) is 6.21. The molecule has 2 unspecified atom stereocenters. The number of nitrogens with zero attached hydrogens (tertiary/aromatic N) is 1. The maximum Gasteiger partial charge on any atom is 0.408 e. The average Bonchev–Trinajstić information content (AvgIpc) is 2.85. The number of alkyl carbamates (subject to hydrolysis) is 1. The van der Waals surface area contributed by atoms with Crippen LogP contribution < -0.4 is 10.6 Å². The zero-order chi connectivity index (χ0) is 29.0. The molecule has 0 spiro atoms. The molecule has 0 aliphatic rings. The van der Waals surface area contributed by atoms with Crippen LogP contribution in [0.15, 0.2) is 54.6 Å². The second kappa shape index (κ2) is 15.3. The number of hydrogen-bond acceptors (Lipinski definition) is 4. The Kier molecular flexibility index (Phi) is 12.5. The molecule has 7 heteroatoms. The monoisotopic (exact) mass is 537 g/mol. The minimum absolute atomic E-state index is 0.135. The van der Waals surface area contributed by atoms with E-state index >= 15 is 0 Å². The first kappa shape index (κ1) is 31.9. The molecule has 39 heavy (non-hydrogen) atoms. The van der Waals surface area contributed by atoms with Crippen molar-refractivity contribution < 1.29 is 19.1 Å². The highest BCUT2D eigenvalue weighted by Crippen LogP contribution is 2.26. The summed E-state index contributed by atoms with van der Waals surface area (Å²) in [5, 5.41) is 5.86. The molecule has 0 saturated carbocycles. The predicted octanol–water partition coefficient (Wildman–Crippen LogP) is 6.31. The Balaban J connectivity index is 2.46. The van der Waals surface area contributed by atoms with Crippen molar-refractivity contribution in [3.8, 4) is 0 Å². The highest BCUT2D eigenvalue weighted by molar-refractivity contribution is 5.92. The first-order valence-electron chi connectivity index (χ1n) is 14.1. The van der Waals surface area contributed by atoms with Crippen LogP contribution in [0.3, 0.4) is 0 Å². The van der Waals surface area contributed by atoms with E-state index in [0.717, 1.165) is 36.0 Å². The first-order chi connectivity index (χ1) is 18.4. The minimum atomic E-state index is -0.840. The lowest BCUT2D eigenvalue weighted by Crippen LogP contribution is -2.53. The van der Waals surface area contributed by atoms with Gasteiger partial charge in [-0.2, -0.15) is 0 Å².